The van der Waals surface area contributed by atoms with E-state index in [-0.39, 0.29) is 70.5 Å². The van der Waals surface area contributed by atoms with Crippen molar-refractivity contribution in [2.24, 2.45) is 0 Å². The summed E-state index contributed by atoms with van der Waals surface area (Å²) in [5.41, 5.74) is 0.0476. The second-order valence-electron chi connectivity index (χ2n) is 9.75. The lowest BCUT2D eigenvalue weighted by Crippen LogP contribution is -2.57. The Morgan fingerprint density at radius 3 is 2.65 bits per heavy atom. The van der Waals surface area contributed by atoms with Gasteiger partial charge in [-0.25, -0.2) is 9.37 Å². The van der Waals surface area contributed by atoms with E-state index in [4.69, 9.17) is 26.1 Å². The molecule has 1 aromatic carbocycles. The number of phenols is 1. The number of carbonyl (C=O) groups excluding carboxylic acids is 2. The van der Waals surface area contributed by atoms with Crippen LogP contribution >= 0.6 is 11.6 Å². The topological polar surface area (TPSA) is 95.4 Å². The molecule has 3 saturated heterocycles. The minimum atomic E-state index is -0.696. The first-order valence-corrected chi connectivity index (χ1v) is 12.7. The van der Waals surface area contributed by atoms with Crippen LogP contribution in [0, 0.1) is 5.82 Å². The molecule has 1 aromatic heterocycles. The average molecular weight is 529 g/mol. The second kappa shape index (κ2) is 9.18. The number of fused-ring (bicyclic) bond motifs is 4. The lowest BCUT2D eigenvalue weighted by molar-refractivity contribution is -0.128. The van der Waals surface area contributed by atoms with Crippen molar-refractivity contribution in [3.05, 3.63) is 47.3 Å². The van der Waals surface area contributed by atoms with E-state index in [1.165, 1.54) is 24.3 Å². The fourth-order valence-electron chi connectivity index (χ4n) is 5.71. The second-order valence-corrected chi connectivity index (χ2v) is 10.1. The van der Waals surface area contributed by atoms with Crippen LogP contribution in [0.15, 0.2) is 30.9 Å². The van der Waals surface area contributed by atoms with Crippen molar-refractivity contribution in [2.75, 3.05) is 44.2 Å². The number of anilines is 1. The highest BCUT2D eigenvalue weighted by atomic mass is 35.5. The number of amides is 2. The number of nitrogens with zero attached hydrogens (tertiary/aromatic N) is 4. The Labute approximate surface area is 218 Å². The minimum Gasteiger partial charge on any atom is -0.507 e. The van der Waals surface area contributed by atoms with Crippen molar-refractivity contribution in [1.29, 1.82) is 0 Å². The summed E-state index contributed by atoms with van der Waals surface area (Å²) in [7, 11) is 0. The number of halogens is 2. The number of aromatic hydroxyl groups is 1. The van der Waals surface area contributed by atoms with E-state index in [1.54, 1.807) is 9.80 Å². The molecule has 6 rings (SSSR count). The van der Waals surface area contributed by atoms with E-state index in [9.17, 15) is 19.1 Å². The Kier molecular flexibility index (Phi) is 5.95. The smallest absolute Gasteiger partial charge is 0.261 e. The Morgan fingerprint density at radius 2 is 1.95 bits per heavy atom. The maximum absolute atomic E-state index is 15.0. The number of pyridine rings is 1. The van der Waals surface area contributed by atoms with Crippen LogP contribution in [0.1, 0.15) is 23.2 Å². The zero-order chi connectivity index (χ0) is 25.8. The van der Waals surface area contributed by atoms with Gasteiger partial charge in [-0.05, 0) is 31.1 Å². The van der Waals surface area contributed by atoms with Gasteiger partial charge in [-0.3, -0.25) is 9.59 Å². The van der Waals surface area contributed by atoms with Crippen molar-refractivity contribution in [1.82, 2.24) is 14.8 Å². The number of ether oxygens (including phenoxy) is 2. The Balaban J connectivity index is 1.49. The first-order chi connectivity index (χ1) is 17.9. The maximum atomic E-state index is 15.0. The monoisotopic (exact) mass is 528 g/mol. The molecule has 0 aliphatic carbocycles. The van der Waals surface area contributed by atoms with Gasteiger partial charge in [0.1, 0.15) is 40.3 Å². The van der Waals surface area contributed by atoms with E-state index < -0.39 is 11.9 Å². The molecule has 2 aromatic rings. The first-order valence-electron chi connectivity index (χ1n) is 12.3. The zero-order valence-electron chi connectivity index (χ0n) is 20.0. The largest absolute Gasteiger partial charge is 0.507 e. The number of morpholine rings is 1. The van der Waals surface area contributed by atoms with Gasteiger partial charge in [0, 0.05) is 32.7 Å². The zero-order valence-corrected chi connectivity index (χ0v) is 20.8. The molecular weight excluding hydrogens is 503 g/mol. The van der Waals surface area contributed by atoms with E-state index in [0.29, 0.717) is 32.0 Å². The number of carbonyl (C=O) groups is 2. The molecular formula is C26H26ClFN4O5. The standard InChI is InChI=1S/C26H26ClFN4O5/c1-2-19(34)30-8-9-32-14(10-30)13-36-24-21(26(32)35)25(31-11-15-6-7-16(12-31)37-15)29-23(22(24)27)20-17(28)4-3-5-18(20)33/h2-5,14-16,33H,1,6-13H2/t14-,15-,16+/m1/s1. The Bertz CT molecular complexity index is 1270. The summed E-state index contributed by atoms with van der Waals surface area (Å²) < 4.78 is 27.1. The van der Waals surface area contributed by atoms with Crippen molar-refractivity contribution in [3.8, 4) is 22.8 Å². The van der Waals surface area contributed by atoms with Gasteiger partial charge in [0.25, 0.3) is 5.91 Å². The lowest BCUT2D eigenvalue weighted by Gasteiger charge is -2.40. The summed E-state index contributed by atoms with van der Waals surface area (Å²) in [5, 5.41) is 10.5. The summed E-state index contributed by atoms with van der Waals surface area (Å²) in [6.45, 7) is 5.62. The number of hydrogen-bond acceptors (Lipinski definition) is 7. The molecule has 0 radical (unpaired) electrons. The minimum absolute atomic E-state index is 0.000185. The van der Waals surface area contributed by atoms with E-state index in [0.717, 1.165) is 12.8 Å². The first kappa shape index (κ1) is 24.0. The van der Waals surface area contributed by atoms with Gasteiger partial charge >= 0.3 is 0 Å². The molecule has 1 N–H and O–H groups in total. The Morgan fingerprint density at radius 1 is 1.19 bits per heavy atom. The molecule has 0 saturated carbocycles. The fraction of sp³-hybridized carbons (Fsp3) is 0.423. The quantitative estimate of drug-likeness (QED) is 0.612. The molecule has 11 heteroatoms. The third kappa shape index (κ3) is 3.99. The molecule has 3 atom stereocenters. The predicted molar refractivity (Wildman–Crippen MR) is 134 cm³/mol. The van der Waals surface area contributed by atoms with Gasteiger partial charge in [0.05, 0.1) is 23.8 Å². The van der Waals surface area contributed by atoms with Crippen LogP contribution in [0.5, 0.6) is 11.5 Å². The number of piperazine rings is 1. The number of phenolic OH excluding ortho intramolecular Hbond substituents is 1. The molecule has 2 amide bonds. The number of aromatic nitrogens is 1. The van der Waals surface area contributed by atoms with Gasteiger partial charge in [-0.1, -0.05) is 24.2 Å². The average Bonchev–Trinajstić information content (AvgIpc) is 3.16. The summed E-state index contributed by atoms with van der Waals surface area (Å²) >= 11 is 6.77. The van der Waals surface area contributed by atoms with Crippen LogP contribution in [0.25, 0.3) is 11.3 Å². The van der Waals surface area contributed by atoms with Crippen molar-refractivity contribution in [3.63, 3.8) is 0 Å². The van der Waals surface area contributed by atoms with Gasteiger partial charge in [-0.2, -0.15) is 0 Å². The molecule has 5 heterocycles. The van der Waals surface area contributed by atoms with Gasteiger partial charge < -0.3 is 29.3 Å². The van der Waals surface area contributed by atoms with Crippen LogP contribution < -0.4 is 9.64 Å². The molecule has 0 unspecified atom stereocenters. The molecule has 4 aliphatic heterocycles. The molecule has 2 bridgehead atoms. The van der Waals surface area contributed by atoms with Gasteiger partial charge in [0.15, 0.2) is 5.75 Å². The van der Waals surface area contributed by atoms with E-state index >= 15 is 0 Å². The summed E-state index contributed by atoms with van der Waals surface area (Å²) in [5.74, 6) is -1.11. The van der Waals surface area contributed by atoms with Crippen molar-refractivity contribution < 1.29 is 28.6 Å². The summed E-state index contributed by atoms with van der Waals surface area (Å²) in [6, 6.07) is 3.55. The van der Waals surface area contributed by atoms with Gasteiger partial charge in [-0.15, -0.1) is 0 Å². The SMILES string of the molecule is C=CC(=O)N1CCN2C(=O)c3c(N4C[C@H]5CC[C@@H](C4)O5)nc(-c4c(O)cccc4F)c(Cl)c3OC[C@H]2C1. The van der Waals surface area contributed by atoms with Crippen LogP contribution in [-0.2, 0) is 9.53 Å². The highest BCUT2D eigenvalue weighted by Crippen LogP contribution is 2.46. The van der Waals surface area contributed by atoms with E-state index in [2.05, 4.69) is 6.58 Å². The molecule has 0 spiro atoms. The third-order valence-electron chi connectivity index (χ3n) is 7.51. The maximum Gasteiger partial charge on any atom is 0.261 e. The number of benzene rings is 1. The summed E-state index contributed by atoms with van der Waals surface area (Å²) in [6.07, 6.45) is 3.07. The fourth-order valence-corrected chi connectivity index (χ4v) is 5.99. The van der Waals surface area contributed by atoms with Crippen LogP contribution in [-0.4, -0.2) is 89.3 Å². The normalized spacial score (nSPS) is 24.8. The molecule has 194 valence electrons. The van der Waals surface area contributed by atoms with Gasteiger partial charge in [0.2, 0.25) is 5.91 Å². The molecule has 3 fully saturated rings. The lowest BCUT2D eigenvalue weighted by atomic mass is 10.0. The molecule has 9 nitrogen and oxygen atoms in total. The van der Waals surface area contributed by atoms with Crippen molar-refractivity contribution in [2.45, 2.75) is 31.1 Å². The van der Waals surface area contributed by atoms with Crippen LogP contribution in [0.2, 0.25) is 5.02 Å². The van der Waals surface area contributed by atoms with Crippen LogP contribution in [0.3, 0.4) is 0 Å². The van der Waals surface area contributed by atoms with Crippen LogP contribution in [0.4, 0.5) is 10.2 Å². The Hall–Kier alpha value is -3.37. The summed E-state index contributed by atoms with van der Waals surface area (Å²) in [4.78, 5) is 36.3. The predicted octanol–water partition coefficient (Wildman–Crippen LogP) is 2.85. The molecule has 37 heavy (non-hydrogen) atoms. The highest BCUT2D eigenvalue weighted by Gasteiger charge is 2.43. The van der Waals surface area contributed by atoms with Crippen molar-refractivity contribution >= 4 is 29.2 Å². The molecule has 4 aliphatic rings. The highest BCUT2D eigenvalue weighted by molar-refractivity contribution is 6.35. The third-order valence-corrected chi connectivity index (χ3v) is 7.86. The number of hydrogen-bond donors (Lipinski definition) is 1. The number of rotatable bonds is 3. The van der Waals surface area contributed by atoms with E-state index in [1.807, 2.05) is 4.90 Å².